The predicted molar refractivity (Wildman–Crippen MR) is 114 cm³/mol. The zero-order chi connectivity index (χ0) is 24.9. The molecule has 2 aliphatic rings. The molecular weight excluding hydrogens is 447 g/mol. The lowest BCUT2D eigenvalue weighted by Crippen LogP contribution is -2.37. The van der Waals surface area contributed by atoms with Crippen LogP contribution in [0.4, 0.5) is 27.6 Å². The second-order valence-corrected chi connectivity index (χ2v) is 7.06. The van der Waals surface area contributed by atoms with Gasteiger partial charge < -0.3 is 19.2 Å². The Hall–Kier alpha value is -3.17. The van der Waals surface area contributed by atoms with Crippen molar-refractivity contribution in [2.45, 2.75) is 33.9 Å². The minimum atomic E-state index is -5.19. The topological polar surface area (TPSA) is 59.5 Å². The quantitative estimate of drug-likeness (QED) is 0.322. The maximum Gasteiger partial charge on any atom is 0.430 e. The van der Waals surface area contributed by atoms with Crippen LogP contribution in [-0.2, 0) is 4.79 Å². The number of alkyl halides is 3. The summed E-state index contributed by atoms with van der Waals surface area (Å²) in [7, 11) is 0. The lowest BCUT2D eigenvalue weighted by atomic mass is 10.1. The monoisotopic (exact) mass is 472 g/mol. The fraction of sp³-hybridized carbons (Fsp3) is 0.391. The lowest BCUT2D eigenvalue weighted by Gasteiger charge is -2.22. The van der Waals surface area contributed by atoms with Gasteiger partial charge in [-0.15, -0.1) is 0 Å². The number of fused-ring (bicyclic) bond motifs is 2. The van der Waals surface area contributed by atoms with E-state index >= 15 is 0 Å². The zero-order valence-electron chi connectivity index (χ0n) is 18.7. The summed E-state index contributed by atoms with van der Waals surface area (Å²) in [5.41, 5.74) is 1.75. The summed E-state index contributed by atoms with van der Waals surface area (Å²) < 4.78 is 68.6. The summed E-state index contributed by atoms with van der Waals surface area (Å²) in [5, 5.41) is 9.94. The molecule has 0 fully saturated rings. The summed E-state index contributed by atoms with van der Waals surface area (Å²) in [6.45, 7) is 10.8. The first kappa shape index (κ1) is 26.1. The van der Waals surface area contributed by atoms with E-state index in [1.807, 2.05) is 37.2 Å². The molecular formula is C23H25F5N2O3. The van der Waals surface area contributed by atoms with Gasteiger partial charge in [-0.3, -0.25) is 0 Å². The largest absolute Gasteiger partial charge is 0.542 e. The number of carboxylic acid groups (broad SMARTS) is 1. The van der Waals surface area contributed by atoms with Crippen molar-refractivity contribution in [2.24, 2.45) is 0 Å². The molecule has 0 saturated heterocycles. The smallest absolute Gasteiger partial charge is 0.430 e. The molecule has 1 aromatic carbocycles. The van der Waals surface area contributed by atoms with Crippen LogP contribution in [0.5, 0.6) is 0 Å². The molecule has 0 unspecified atom stereocenters. The van der Waals surface area contributed by atoms with E-state index in [0.717, 1.165) is 0 Å². The number of hydrogen-bond acceptors (Lipinski definition) is 4. The van der Waals surface area contributed by atoms with Gasteiger partial charge in [-0.1, -0.05) is 0 Å². The Kier molecular flexibility index (Phi) is 8.40. The summed E-state index contributed by atoms with van der Waals surface area (Å²) in [6, 6.07) is 8.16. The molecule has 0 bridgehead atoms. The van der Waals surface area contributed by atoms with E-state index in [1.54, 1.807) is 18.2 Å². The first-order valence-corrected chi connectivity index (χ1v) is 10.4. The number of hydrogen-bond donors (Lipinski definition) is 0. The van der Waals surface area contributed by atoms with Crippen molar-refractivity contribution in [1.29, 1.82) is 0 Å². The van der Waals surface area contributed by atoms with Gasteiger partial charge in [0.25, 0.3) is 0 Å². The molecule has 0 N–H and O–H groups in total. The number of aliphatic carboxylic acids is 1. The molecule has 1 heterocycles. The summed E-state index contributed by atoms with van der Waals surface area (Å²) in [5.74, 6) is -3.00. The molecule has 1 aliphatic heterocycles. The highest BCUT2D eigenvalue weighted by Gasteiger charge is 2.28. The molecule has 33 heavy (non-hydrogen) atoms. The fourth-order valence-electron chi connectivity index (χ4n) is 3.42. The number of anilines is 1. The van der Waals surface area contributed by atoms with Gasteiger partial charge in [-0.2, -0.15) is 17.6 Å². The molecule has 1 aliphatic carbocycles. The van der Waals surface area contributed by atoms with Crippen LogP contribution in [0.1, 0.15) is 27.7 Å². The van der Waals surface area contributed by atoms with Crippen LogP contribution in [0.25, 0.3) is 22.3 Å². The number of carboxylic acids is 1. The highest BCUT2D eigenvalue weighted by molar-refractivity contribution is 5.85. The van der Waals surface area contributed by atoms with E-state index in [1.165, 1.54) is 12.1 Å². The lowest BCUT2D eigenvalue weighted by molar-refractivity contribution is -0.344. The van der Waals surface area contributed by atoms with Crippen molar-refractivity contribution in [3.63, 3.8) is 0 Å². The van der Waals surface area contributed by atoms with Crippen molar-refractivity contribution >= 4 is 22.6 Å². The molecule has 1 aromatic rings. The summed E-state index contributed by atoms with van der Waals surface area (Å²) in [4.78, 5) is 10.7. The Morgan fingerprint density at radius 2 is 1.55 bits per heavy atom. The fourth-order valence-corrected chi connectivity index (χ4v) is 3.42. The van der Waals surface area contributed by atoms with Crippen LogP contribution in [0.3, 0.4) is 0 Å². The van der Waals surface area contributed by atoms with E-state index in [-0.39, 0.29) is 11.6 Å². The molecule has 0 aromatic heterocycles. The average molecular weight is 472 g/mol. The second-order valence-electron chi connectivity index (χ2n) is 7.06. The van der Waals surface area contributed by atoms with Crippen LogP contribution in [0, 0.1) is 11.6 Å². The maximum absolute atomic E-state index is 14.5. The van der Waals surface area contributed by atoms with Crippen molar-refractivity contribution in [1.82, 2.24) is 4.58 Å². The maximum atomic E-state index is 14.5. The Labute approximate surface area is 187 Å². The van der Waals surface area contributed by atoms with Gasteiger partial charge in [0.05, 0.1) is 11.8 Å². The molecule has 0 atom stereocenters. The van der Waals surface area contributed by atoms with E-state index < -0.39 is 12.1 Å². The summed E-state index contributed by atoms with van der Waals surface area (Å²) >= 11 is 0. The van der Waals surface area contributed by atoms with E-state index in [2.05, 4.69) is 0 Å². The molecule has 0 amide bonds. The SMILES string of the molecule is CCN(CC)c1cc2oc3cc(=[N+](CC)CC)c(F)cc-3cc2cc1F.O=C([O-])C(F)(F)F. The third-order valence-electron chi connectivity index (χ3n) is 5.13. The Balaban J connectivity index is 0.000000479. The zero-order valence-corrected chi connectivity index (χ0v) is 18.7. The van der Waals surface area contributed by atoms with Crippen molar-refractivity contribution in [3.05, 3.63) is 47.3 Å². The van der Waals surface area contributed by atoms with Crippen molar-refractivity contribution in [2.75, 3.05) is 31.1 Å². The number of rotatable bonds is 5. The minimum absolute atomic E-state index is 0.295. The second kappa shape index (κ2) is 10.6. The van der Waals surface area contributed by atoms with Crippen LogP contribution in [0.2, 0.25) is 0 Å². The van der Waals surface area contributed by atoms with Gasteiger partial charge in [-0.25, -0.2) is 8.97 Å². The van der Waals surface area contributed by atoms with Crippen LogP contribution >= 0.6 is 0 Å². The van der Waals surface area contributed by atoms with Gasteiger partial charge >= 0.3 is 6.18 Å². The van der Waals surface area contributed by atoms with Crippen molar-refractivity contribution < 1.29 is 36.3 Å². The van der Waals surface area contributed by atoms with E-state index in [9.17, 15) is 22.0 Å². The number of nitrogens with zero attached hydrogens (tertiary/aromatic N) is 2. The molecule has 0 spiro atoms. The number of halogens is 5. The standard InChI is InChI=1S/C21H25F2N2O.C2HF3O2/c1-5-24(6-2)18-12-20-14(10-16(18)22)9-15-11-17(23)19(13-21(15)26-20)25(7-3)8-4;3-2(4,5)1(6)7/h9-13H,5-8H2,1-4H3;(H,6,7)/q+1;/p-1. The Morgan fingerprint density at radius 3 is 2.03 bits per heavy atom. The molecule has 0 saturated carbocycles. The Bertz CT molecular complexity index is 1160. The number of benzene rings is 2. The van der Waals surface area contributed by atoms with Gasteiger partial charge in [0.1, 0.15) is 36.2 Å². The molecule has 3 rings (SSSR count). The van der Waals surface area contributed by atoms with Gasteiger partial charge in [-0.05, 0) is 45.9 Å². The van der Waals surface area contributed by atoms with Crippen LogP contribution < -0.4 is 19.9 Å². The van der Waals surface area contributed by atoms with E-state index in [4.69, 9.17) is 14.3 Å². The van der Waals surface area contributed by atoms with E-state index in [0.29, 0.717) is 59.5 Å². The van der Waals surface area contributed by atoms with Crippen LogP contribution in [0.15, 0.2) is 34.7 Å². The molecule has 10 heteroatoms. The molecule has 0 radical (unpaired) electrons. The Morgan fingerprint density at radius 1 is 0.970 bits per heavy atom. The first-order valence-electron chi connectivity index (χ1n) is 10.4. The third kappa shape index (κ3) is 6.00. The minimum Gasteiger partial charge on any atom is -0.542 e. The van der Waals surface area contributed by atoms with Gasteiger partial charge in [0.2, 0.25) is 5.36 Å². The van der Waals surface area contributed by atoms with Crippen molar-refractivity contribution in [3.8, 4) is 11.3 Å². The predicted octanol–water partition coefficient (Wildman–Crippen LogP) is 3.77. The van der Waals surface area contributed by atoms with Crippen LogP contribution in [-0.4, -0.2) is 38.3 Å². The highest BCUT2D eigenvalue weighted by atomic mass is 19.4. The molecule has 5 nitrogen and oxygen atoms in total. The number of carbonyl (C=O) groups is 1. The molecule has 180 valence electrons. The third-order valence-corrected chi connectivity index (χ3v) is 5.13. The highest BCUT2D eigenvalue weighted by Crippen LogP contribution is 2.32. The number of carbonyl (C=O) groups excluding carboxylic acids is 1. The first-order chi connectivity index (χ1) is 15.5. The average Bonchev–Trinajstić information content (AvgIpc) is 2.75. The van der Waals surface area contributed by atoms with Gasteiger partial charge in [0.15, 0.2) is 5.82 Å². The normalized spacial score (nSPS) is 11.3. The summed E-state index contributed by atoms with van der Waals surface area (Å²) in [6.07, 6.45) is -5.19. The van der Waals surface area contributed by atoms with Gasteiger partial charge in [0, 0.05) is 30.1 Å².